The molecule has 0 fully saturated rings. The van der Waals surface area contributed by atoms with Gasteiger partial charge in [-0.3, -0.25) is 0 Å². The third kappa shape index (κ3) is 3.11. The number of allylic oxidation sites excluding steroid dienone is 1. The highest BCUT2D eigenvalue weighted by Gasteiger charge is 2.30. The second-order valence-electron chi connectivity index (χ2n) is 3.63. The standard InChI is InChI=1S/C11H7F3N6/c12-11(13,14)8-2-1-3-9(4-8)16-6-7(5-15)10-17-19-20-18-10/h1-4,6,16H,(H,17,18,19,20). The molecule has 6 nitrogen and oxygen atoms in total. The normalized spacial score (nSPS) is 12.0. The van der Waals surface area contributed by atoms with Crippen LogP contribution in [0.25, 0.3) is 5.57 Å². The van der Waals surface area contributed by atoms with Crippen molar-refractivity contribution in [2.75, 3.05) is 5.32 Å². The summed E-state index contributed by atoms with van der Waals surface area (Å²) >= 11 is 0. The number of benzene rings is 1. The first-order valence-corrected chi connectivity index (χ1v) is 5.28. The van der Waals surface area contributed by atoms with Gasteiger partial charge in [-0.25, -0.2) is 0 Å². The Labute approximate surface area is 110 Å². The summed E-state index contributed by atoms with van der Waals surface area (Å²) in [7, 11) is 0. The molecule has 0 aliphatic carbocycles. The van der Waals surface area contributed by atoms with Crippen molar-refractivity contribution in [3.8, 4) is 6.07 Å². The molecule has 1 heterocycles. The minimum atomic E-state index is -4.42. The largest absolute Gasteiger partial charge is 0.416 e. The SMILES string of the molecule is N#CC(=CNc1cccc(C(F)(F)F)c1)c1nn[nH]n1. The average molecular weight is 280 g/mol. The summed E-state index contributed by atoms with van der Waals surface area (Å²) in [5.74, 6) is 0.0481. The first kappa shape index (κ1) is 13.5. The quantitative estimate of drug-likeness (QED) is 0.841. The van der Waals surface area contributed by atoms with E-state index in [0.717, 1.165) is 12.1 Å². The Hall–Kier alpha value is -2.89. The number of rotatable bonds is 3. The van der Waals surface area contributed by atoms with E-state index < -0.39 is 11.7 Å². The Morgan fingerprint density at radius 3 is 2.80 bits per heavy atom. The van der Waals surface area contributed by atoms with Crippen LogP contribution in [0.3, 0.4) is 0 Å². The van der Waals surface area contributed by atoms with Crippen molar-refractivity contribution >= 4 is 11.3 Å². The van der Waals surface area contributed by atoms with E-state index >= 15 is 0 Å². The van der Waals surface area contributed by atoms with Gasteiger partial charge in [0.05, 0.1) is 5.56 Å². The molecule has 1 aromatic heterocycles. The number of tetrazole rings is 1. The fraction of sp³-hybridized carbons (Fsp3) is 0.0909. The van der Waals surface area contributed by atoms with Crippen molar-refractivity contribution in [3.63, 3.8) is 0 Å². The summed E-state index contributed by atoms with van der Waals surface area (Å²) in [5, 5.41) is 24.1. The Morgan fingerprint density at radius 2 is 2.20 bits per heavy atom. The summed E-state index contributed by atoms with van der Waals surface area (Å²) in [6, 6.07) is 6.41. The summed E-state index contributed by atoms with van der Waals surface area (Å²) in [6.45, 7) is 0. The minimum absolute atomic E-state index is 0.0381. The van der Waals surface area contributed by atoms with Crippen molar-refractivity contribution < 1.29 is 13.2 Å². The maximum Gasteiger partial charge on any atom is 0.416 e. The number of H-pyrrole nitrogens is 1. The zero-order valence-electron chi connectivity index (χ0n) is 9.81. The lowest BCUT2D eigenvalue weighted by Gasteiger charge is -2.08. The molecule has 0 atom stereocenters. The zero-order valence-corrected chi connectivity index (χ0v) is 9.81. The van der Waals surface area contributed by atoms with Gasteiger partial charge in [-0.1, -0.05) is 6.07 Å². The monoisotopic (exact) mass is 280 g/mol. The van der Waals surface area contributed by atoms with Crippen LogP contribution < -0.4 is 5.32 Å². The van der Waals surface area contributed by atoms with E-state index in [2.05, 4.69) is 25.9 Å². The molecule has 9 heteroatoms. The van der Waals surface area contributed by atoms with Gasteiger partial charge >= 0.3 is 6.18 Å². The molecule has 0 aliphatic rings. The number of halogens is 3. The van der Waals surface area contributed by atoms with Gasteiger partial charge < -0.3 is 5.32 Å². The average Bonchev–Trinajstić information content (AvgIpc) is 2.93. The topological polar surface area (TPSA) is 90.3 Å². The Kier molecular flexibility index (Phi) is 3.65. The molecule has 0 unspecified atom stereocenters. The van der Waals surface area contributed by atoms with E-state index in [1.54, 1.807) is 0 Å². The Balaban J connectivity index is 2.21. The van der Waals surface area contributed by atoms with Crippen molar-refractivity contribution in [2.24, 2.45) is 0 Å². The lowest BCUT2D eigenvalue weighted by molar-refractivity contribution is -0.137. The number of nitrogens with one attached hydrogen (secondary N) is 2. The predicted octanol–water partition coefficient (Wildman–Crippen LogP) is 2.20. The molecule has 0 radical (unpaired) electrons. The molecular weight excluding hydrogens is 273 g/mol. The molecule has 0 amide bonds. The van der Waals surface area contributed by atoms with E-state index in [1.165, 1.54) is 18.3 Å². The van der Waals surface area contributed by atoms with Crippen LogP contribution in [0, 0.1) is 11.3 Å². The lowest BCUT2D eigenvalue weighted by atomic mass is 10.2. The van der Waals surface area contributed by atoms with E-state index in [0.29, 0.717) is 0 Å². The molecule has 20 heavy (non-hydrogen) atoms. The molecule has 0 spiro atoms. The van der Waals surface area contributed by atoms with E-state index in [1.807, 2.05) is 6.07 Å². The third-order valence-electron chi connectivity index (χ3n) is 2.28. The first-order valence-electron chi connectivity index (χ1n) is 5.28. The molecule has 102 valence electrons. The van der Waals surface area contributed by atoms with Crippen LogP contribution >= 0.6 is 0 Å². The van der Waals surface area contributed by atoms with Gasteiger partial charge in [0.1, 0.15) is 11.6 Å². The number of aromatic nitrogens is 4. The fourth-order valence-corrected chi connectivity index (χ4v) is 1.36. The van der Waals surface area contributed by atoms with Crippen molar-refractivity contribution in [3.05, 3.63) is 41.9 Å². The number of hydrogen-bond acceptors (Lipinski definition) is 5. The lowest BCUT2D eigenvalue weighted by Crippen LogP contribution is -2.05. The first-order chi connectivity index (χ1) is 9.50. The van der Waals surface area contributed by atoms with E-state index in [4.69, 9.17) is 5.26 Å². The second-order valence-corrected chi connectivity index (χ2v) is 3.63. The number of nitriles is 1. The smallest absolute Gasteiger partial charge is 0.360 e. The molecule has 2 rings (SSSR count). The summed E-state index contributed by atoms with van der Waals surface area (Å²) in [4.78, 5) is 0. The van der Waals surface area contributed by atoms with Gasteiger partial charge in [0.15, 0.2) is 0 Å². The zero-order chi connectivity index (χ0) is 14.6. The van der Waals surface area contributed by atoms with Crippen molar-refractivity contribution in [1.82, 2.24) is 20.6 Å². The molecule has 0 bridgehead atoms. The highest BCUT2D eigenvalue weighted by Crippen LogP contribution is 2.30. The summed E-state index contributed by atoms with van der Waals surface area (Å²) in [6.07, 6.45) is -3.21. The van der Waals surface area contributed by atoms with Gasteiger partial charge in [0.25, 0.3) is 0 Å². The van der Waals surface area contributed by atoms with Crippen molar-refractivity contribution in [1.29, 1.82) is 5.26 Å². The highest BCUT2D eigenvalue weighted by atomic mass is 19.4. The number of anilines is 1. The molecule has 1 aromatic carbocycles. The van der Waals surface area contributed by atoms with Crippen LogP contribution in [-0.4, -0.2) is 20.6 Å². The van der Waals surface area contributed by atoms with Crippen LogP contribution in [-0.2, 0) is 6.18 Å². The Bertz CT molecular complexity index is 654. The van der Waals surface area contributed by atoms with Crippen LogP contribution in [0.4, 0.5) is 18.9 Å². The predicted molar refractivity (Wildman–Crippen MR) is 62.8 cm³/mol. The van der Waals surface area contributed by atoms with Crippen LogP contribution in [0.15, 0.2) is 30.5 Å². The second kappa shape index (κ2) is 5.40. The third-order valence-corrected chi connectivity index (χ3v) is 2.28. The van der Waals surface area contributed by atoms with Gasteiger partial charge in [-0.15, -0.1) is 10.2 Å². The van der Waals surface area contributed by atoms with Gasteiger partial charge in [0.2, 0.25) is 5.82 Å². The molecule has 2 aromatic rings. The number of hydrogen-bond donors (Lipinski definition) is 2. The summed E-state index contributed by atoms with van der Waals surface area (Å²) < 4.78 is 37.6. The van der Waals surface area contributed by atoms with Crippen LogP contribution in [0.2, 0.25) is 0 Å². The summed E-state index contributed by atoms with van der Waals surface area (Å²) in [5.41, 5.74) is -0.554. The number of nitrogens with zero attached hydrogens (tertiary/aromatic N) is 4. The van der Waals surface area contributed by atoms with Gasteiger partial charge in [-0.05, 0) is 23.4 Å². The maximum absolute atomic E-state index is 12.5. The highest BCUT2D eigenvalue weighted by molar-refractivity contribution is 5.74. The number of alkyl halides is 3. The molecule has 0 aliphatic heterocycles. The van der Waals surface area contributed by atoms with Gasteiger partial charge in [-0.2, -0.15) is 23.6 Å². The van der Waals surface area contributed by atoms with Gasteiger partial charge in [0, 0.05) is 11.9 Å². The molecular formula is C11H7F3N6. The molecule has 0 saturated carbocycles. The molecule has 0 saturated heterocycles. The van der Waals surface area contributed by atoms with Crippen LogP contribution in [0.1, 0.15) is 11.4 Å². The van der Waals surface area contributed by atoms with Crippen LogP contribution in [0.5, 0.6) is 0 Å². The number of aromatic amines is 1. The molecule has 2 N–H and O–H groups in total. The Morgan fingerprint density at radius 1 is 1.40 bits per heavy atom. The van der Waals surface area contributed by atoms with E-state index in [-0.39, 0.29) is 17.1 Å². The van der Waals surface area contributed by atoms with E-state index in [9.17, 15) is 13.2 Å². The fourth-order valence-electron chi connectivity index (χ4n) is 1.36. The minimum Gasteiger partial charge on any atom is -0.360 e. The van der Waals surface area contributed by atoms with Crippen molar-refractivity contribution in [2.45, 2.75) is 6.18 Å². The maximum atomic E-state index is 12.5.